The van der Waals surface area contributed by atoms with Crippen LogP contribution in [-0.4, -0.2) is 31.7 Å². The quantitative estimate of drug-likeness (QED) is 0.559. The second-order valence-corrected chi connectivity index (χ2v) is 4.52. The lowest BCUT2D eigenvalue weighted by Crippen LogP contribution is -1.98. The van der Waals surface area contributed by atoms with Crippen LogP contribution in [-0.2, 0) is 20.2 Å². The van der Waals surface area contributed by atoms with Crippen molar-refractivity contribution in [1.29, 1.82) is 0 Å². The molecule has 0 aromatic heterocycles. The van der Waals surface area contributed by atoms with Gasteiger partial charge in [0.15, 0.2) is 0 Å². The van der Waals surface area contributed by atoms with Crippen LogP contribution in [0.4, 0.5) is 0 Å². The zero-order chi connectivity index (χ0) is 10.4. The van der Waals surface area contributed by atoms with Gasteiger partial charge in [0, 0.05) is 11.2 Å². The third-order valence-corrected chi connectivity index (χ3v) is 1.67. The van der Waals surface area contributed by atoms with Crippen molar-refractivity contribution in [3.63, 3.8) is 0 Å². The molecular weight excluding hydrogens is 208 g/mol. The van der Waals surface area contributed by atoms with E-state index in [-0.39, 0.29) is 5.75 Å². The molecule has 0 fully saturated rings. The molecule has 0 aromatic rings. The summed E-state index contributed by atoms with van der Waals surface area (Å²) in [5, 5.41) is 0.354. The summed E-state index contributed by atoms with van der Waals surface area (Å²) in [4.78, 5) is 0. The lowest BCUT2D eigenvalue weighted by molar-refractivity contribution is 0.464. The molecule has 0 aliphatic heterocycles. The van der Waals surface area contributed by atoms with Crippen LogP contribution in [0, 0.1) is 0 Å². The molecule has 0 unspecified atom stereocenters. The van der Waals surface area contributed by atoms with E-state index in [1.807, 2.05) is 0 Å². The SMILES string of the molecule is C=CS(=O)(=O)[O-].CCS(=O)(=O)[O-]. The predicted molar refractivity (Wildman–Crippen MR) is 40.1 cm³/mol. The Morgan fingerprint density at radius 1 is 1.25 bits per heavy atom. The summed E-state index contributed by atoms with van der Waals surface area (Å²) < 4.78 is 56.3. The largest absolute Gasteiger partial charge is 0.748 e. The number of rotatable bonds is 2. The molecule has 0 spiro atoms. The van der Waals surface area contributed by atoms with Gasteiger partial charge in [-0.05, 0) is 0 Å². The zero-order valence-corrected chi connectivity index (χ0v) is 7.89. The van der Waals surface area contributed by atoms with E-state index in [1.165, 1.54) is 6.92 Å². The molecular formula is C4H8O6S2-2. The Labute approximate surface area is 71.4 Å². The number of hydrogen-bond donors (Lipinski definition) is 0. The highest BCUT2D eigenvalue weighted by Gasteiger charge is 1.80. The van der Waals surface area contributed by atoms with Crippen LogP contribution < -0.4 is 0 Å². The van der Waals surface area contributed by atoms with Gasteiger partial charge < -0.3 is 9.11 Å². The first-order valence-corrected chi connectivity index (χ1v) is 5.69. The molecule has 0 N–H and O–H groups in total. The molecule has 12 heavy (non-hydrogen) atoms. The normalized spacial score (nSPS) is 11.2. The minimum atomic E-state index is -4.15. The van der Waals surface area contributed by atoms with Crippen LogP contribution in [0.25, 0.3) is 0 Å². The van der Waals surface area contributed by atoms with E-state index in [1.54, 1.807) is 0 Å². The first kappa shape index (κ1) is 14.1. The van der Waals surface area contributed by atoms with Gasteiger partial charge >= 0.3 is 0 Å². The van der Waals surface area contributed by atoms with Gasteiger partial charge in [-0.25, -0.2) is 16.8 Å². The molecule has 0 saturated carbocycles. The van der Waals surface area contributed by atoms with Gasteiger partial charge in [-0.2, -0.15) is 0 Å². The summed E-state index contributed by atoms with van der Waals surface area (Å²) >= 11 is 0. The summed E-state index contributed by atoms with van der Waals surface area (Å²) in [5.41, 5.74) is 0. The van der Waals surface area contributed by atoms with Gasteiger partial charge in [0.1, 0.15) is 10.1 Å². The highest BCUT2D eigenvalue weighted by molar-refractivity contribution is 7.88. The highest BCUT2D eigenvalue weighted by atomic mass is 32.2. The van der Waals surface area contributed by atoms with Crippen LogP contribution in [0.3, 0.4) is 0 Å². The molecule has 0 amide bonds. The second-order valence-electron chi connectivity index (χ2n) is 1.51. The molecule has 0 aromatic carbocycles. The fourth-order valence-corrected chi connectivity index (χ4v) is 0. The molecule has 6 nitrogen and oxygen atoms in total. The van der Waals surface area contributed by atoms with E-state index in [0.29, 0.717) is 5.41 Å². The van der Waals surface area contributed by atoms with Crippen molar-refractivity contribution in [2.24, 2.45) is 0 Å². The lowest BCUT2D eigenvalue weighted by Gasteiger charge is -1.97. The van der Waals surface area contributed by atoms with Gasteiger partial charge in [0.2, 0.25) is 0 Å². The molecule has 8 heteroatoms. The third kappa shape index (κ3) is 22.7. The Bertz CT molecular complexity index is 298. The fraction of sp³-hybridized carbons (Fsp3) is 0.500. The van der Waals surface area contributed by atoms with Crippen molar-refractivity contribution >= 4 is 20.2 Å². The first-order chi connectivity index (χ1) is 5.12. The van der Waals surface area contributed by atoms with Crippen molar-refractivity contribution in [2.75, 3.05) is 5.75 Å². The van der Waals surface area contributed by atoms with Crippen LogP contribution in [0.15, 0.2) is 12.0 Å². The summed E-state index contributed by atoms with van der Waals surface area (Å²) in [5.74, 6) is -0.312. The smallest absolute Gasteiger partial charge is 0.116 e. The molecule has 0 saturated heterocycles. The Balaban J connectivity index is 0. The van der Waals surface area contributed by atoms with Crippen LogP contribution in [0.1, 0.15) is 6.92 Å². The molecule has 0 aliphatic carbocycles. The molecule has 0 atom stereocenters. The summed E-state index contributed by atoms with van der Waals surface area (Å²) in [6.45, 7) is 4.04. The molecule has 0 aliphatic rings. The van der Waals surface area contributed by atoms with E-state index in [2.05, 4.69) is 6.58 Å². The Morgan fingerprint density at radius 2 is 1.42 bits per heavy atom. The zero-order valence-electron chi connectivity index (χ0n) is 6.26. The van der Waals surface area contributed by atoms with Crippen molar-refractivity contribution in [3.05, 3.63) is 12.0 Å². The van der Waals surface area contributed by atoms with Crippen LogP contribution in [0.2, 0.25) is 0 Å². The van der Waals surface area contributed by atoms with E-state index in [0.717, 1.165) is 0 Å². The van der Waals surface area contributed by atoms with E-state index >= 15 is 0 Å². The first-order valence-electron chi connectivity index (χ1n) is 2.64. The third-order valence-electron chi connectivity index (χ3n) is 0.558. The Hall–Kier alpha value is -0.440. The lowest BCUT2D eigenvalue weighted by atomic mass is 11.0. The molecule has 0 radical (unpaired) electrons. The average Bonchev–Trinajstić information content (AvgIpc) is 1.86. The topological polar surface area (TPSA) is 114 Å². The molecule has 0 bridgehead atoms. The van der Waals surface area contributed by atoms with Crippen molar-refractivity contribution in [1.82, 2.24) is 0 Å². The van der Waals surface area contributed by atoms with Gasteiger partial charge in [0.05, 0.1) is 10.1 Å². The van der Waals surface area contributed by atoms with Gasteiger partial charge in [-0.3, -0.25) is 0 Å². The van der Waals surface area contributed by atoms with Crippen molar-refractivity contribution < 1.29 is 25.9 Å². The summed E-state index contributed by atoms with van der Waals surface area (Å²) in [6, 6.07) is 0. The van der Waals surface area contributed by atoms with E-state index in [4.69, 9.17) is 0 Å². The minimum absolute atomic E-state index is 0.312. The average molecular weight is 216 g/mol. The molecule has 74 valence electrons. The van der Waals surface area contributed by atoms with Crippen LogP contribution in [0.5, 0.6) is 0 Å². The van der Waals surface area contributed by atoms with Crippen LogP contribution >= 0.6 is 0 Å². The standard InChI is InChI=1S/C2H6O3S.C2H4O3S/c2*1-2-6(3,4)5/h2H2,1H3,(H,3,4,5);2H,1H2,(H,3,4,5)/p-2. The minimum Gasteiger partial charge on any atom is -0.748 e. The highest BCUT2D eigenvalue weighted by Crippen LogP contribution is 1.75. The summed E-state index contributed by atoms with van der Waals surface area (Å²) in [7, 11) is -8.06. The Kier molecular flexibility index (Phi) is 6.17. The maximum atomic E-state index is 9.44. The predicted octanol–water partition coefficient (Wildman–Crippen LogP) is -0.773. The number of hydrogen-bond acceptors (Lipinski definition) is 6. The maximum absolute atomic E-state index is 9.44. The van der Waals surface area contributed by atoms with Gasteiger partial charge in [-0.1, -0.05) is 13.5 Å². The van der Waals surface area contributed by atoms with Crippen molar-refractivity contribution in [2.45, 2.75) is 6.92 Å². The molecule has 0 rings (SSSR count). The van der Waals surface area contributed by atoms with Crippen molar-refractivity contribution in [3.8, 4) is 0 Å². The van der Waals surface area contributed by atoms with Gasteiger partial charge in [-0.15, -0.1) is 0 Å². The maximum Gasteiger partial charge on any atom is 0.116 e. The monoisotopic (exact) mass is 216 g/mol. The Morgan fingerprint density at radius 3 is 1.42 bits per heavy atom. The van der Waals surface area contributed by atoms with E-state index < -0.39 is 20.2 Å². The van der Waals surface area contributed by atoms with Gasteiger partial charge in [0.25, 0.3) is 0 Å². The van der Waals surface area contributed by atoms with E-state index in [9.17, 15) is 25.9 Å². The fourth-order valence-electron chi connectivity index (χ4n) is 0. The molecule has 0 heterocycles. The summed E-state index contributed by atoms with van der Waals surface area (Å²) in [6.07, 6.45) is 0. The second kappa shape index (κ2) is 5.25.